The van der Waals surface area contributed by atoms with E-state index in [1.54, 1.807) is 29.0 Å². The molecule has 0 unspecified atom stereocenters. The van der Waals surface area contributed by atoms with E-state index < -0.39 is 0 Å². The number of amides is 2. The van der Waals surface area contributed by atoms with Gasteiger partial charge in [-0.25, -0.2) is 9.79 Å². The fourth-order valence-electron chi connectivity index (χ4n) is 3.17. The Hall–Kier alpha value is -3.22. The summed E-state index contributed by atoms with van der Waals surface area (Å²) in [6.45, 7) is 1.14. The van der Waals surface area contributed by atoms with Crippen molar-refractivity contribution in [2.45, 2.75) is 19.6 Å². The van der Waals surface area contributed by atoms with Crippen molar-refractivity contribution in [1.29, 1.82) is 0 Å². The molecule has 32 heavy (non-hydrogen) atoms. The number of urea groups is 1. The van der Waals surface area contributed by atoms with Gasteiger partial charge in [-0.1, -0.05) is 71.7 Å². The maximum Gasteiger partial charge on any atom is 0.324 e. The Bertz CT molecular complexity index is 1080. The van der Waals surface area contributed by atoms with Crippen LogP contribution in [0.1, 0.15) is 16.7 Å². The van der Waals surface area contributed by atoms with Crippen molar-refractivity contribution in [2.24, 2.45) is 16.5 Å². The molecule has 3 rings (SSSR count). The Morgan fingerprint density at radius 1 is 0.906 bits per heavy atom. The van der Waals surface area contributed by atoms with E-state index in [1.807, 2.05) is 60.7 Å². The van der Waals surface area contributed by atoms with Crippen LogP contribution in [0, 0.1) is 0 Å². The molecule has 0 aromatic heterocycles. The zero-order valence-corrected chi connectivity index (χ0v) is 19.2. The van der Waals surface area contributed by atoms with Crippen molar-refractivity contribution in [2.75, 3.05) is 11.9 Å². The Kier molecular flexibility index (Phi) is 7.98. The summed E-state index contributed by atoms with van der Waals surface area (Å²) in [4.78, 5) is 20.8. The van der Waals surface area contributed by atoms with Gasteiger partial charge in [0.25, 0.3) is 0 Å². The number of carbonyl (C=O) groups excluding carboxylic acids is 1. The van der Waals surface area contributed by atoms with Gasteiger partial charge in [0.15, 0.2) is 5.96 Å². The number of rotatable bonds is 7. The molecule has 8 heteroatoms. The second-order valence-corrected chi connectivity index (χ2v) is 8.17. The van der Waals surface area contributed by atoms with Crippen LogP contribution < -0.4 is 16.4 Å². The molecule has 166 valence electrons. The van der Waals surface area contributed by atoms with Crippen LogP contribution in [0.2, 0.25) is 10.0 Å². The fourth-order valence-corrected chi connectivity index (χ4v) is 3.64. The number of carbonyl (C=O) groups is 1. The van der Waals surface area contributed by atoms with E-state index in [0.29, 0.717) is 29.7 Å². The Morgan fingerprint density at radius 2 is 1.56 bits per heavy atom. The largest absolute Gasteiger partial charge is 0.370 e. The third-order valence-electron chi connectivity index (χ3n) is 4.92. The molecule has 3 aromatic rings. The summed E-state index contributed by atoms with van der Waals surface area (Å²) in [5, 5.41) is 1.07. The third kappa shape index (κ3) is 6.39. The molecule has 3 aromatic carbocycles. The smallest absolute Gasteiger partial charge is 0.324 e. The van der Waals surface area contributed by atoms with Crippen LogP contribution >= 0.6 is 23.2 Å². The molecule has 0 aliphatic heterocycles. The highest BCUT2D eigenvalue weighted by atomic mass is 35.5. The molecule has 2 amide bonds. The lowest BCUT2D eigenvalue weighted by Gasteiger charge is -2.29. The first-order valence-electron chi connectivity index (χ1n) is 9.98. The number of nitrogens with two attached hydrogens (primary N) is 2. The van der Waals surface area contributed by atoms with Crippen molar-refractivity contribution < 1.29 is 4.79 Å². The number of aliphatic imine (C=N–C) groups is 1. The van der Waals surface area contributed by atoms with Gasteiger partial charge < -0.3 is 16.4 Å². The zero-order chi connectivity index (χ0) is 23.1. The molecule has 0 radical (unpaired) electrons. The topological polar surface area (TPSA) is 88.0 Å². The predicted molar refractivity (Wildman–Crippen MR) is 132 cm³/mol. The molecular weight excluding hydrogens is 445 g/mol. The number of benzene rings is 3. The fraction of sp³-hybridized carbons (Fsp3) is 0.167. The number of para-hydroxylation sites is 1. The zero-order valence-electron chi connectivity index (χ0n) is 17.7. The maximum atomic E-state index is 13.4. The Balaban J connectivity index is 1.84. The summed E-state index contributed by atoms with van der Waals surface area (Å²) in [6, 6.07) is 22.5. The van der Waals surface area contributed by atoms with Crippen LogP contribution in [-0.4, -0.2) is 23.9 Å². The van der Waals surface area contributed by atoms with Gasteiger partial charge in [-0.2, -0.15) is 0 Å². The van der Waals surface area contributed by atoms with Crippen LogP contribution in [0.25, 0.3) is 0 Å². The van der Waals surface area contributed by atoms with E-state index in [0.717, 1.165) is 22.4 Å². The Morgan fingerprint density at radius 3 is 2.19 bits per heavy atom. The number of halogens is 2. The lowest BCUT2D eigenvalue weighted by atomic mass is 10.1. The molecule has 0 fully saturated rings. The van der Waals surface area contributed by atoms with Gasteiger partial charge in [0.05, 0.1) is 6.54 Å². The number of guanidine groups is 1. The molecule has 0 bridgehead atoms. The Labute approximate surface area is 198 Å². The van der Waals surface area contributed by atoms with Crippen LogP contribution in [-0.2, 0) is 19.6 Å². The molecule has 0 spiro atoms. The number of hydrogen-bond acceptors (Lipinski definition) is 2. The summed E-state index contributed by atoms with van der Waals surface area (Å²) >= 11 is 12.4. The first kappa shape index (κ1) is 23.4. The second kappa shape index (κ2) is 10.9. The maximum absolute atomic E-state index is 13.4. The minimum atomic E-state index is -0.146. The molecule has 0 aliphatic rings. The molecule has 0 saturated heterocycles. The van der Waals surface area contributed by atoms with Crippen molar-refractivity contribution >= 4 is 40.9 Å². The minimum Gasteiger partial charge on any atom is -0.370 e. The van der Waals surface area contributed by atoms with E-state index in [-0.39, 0.29) is 12.0 Å². The van der Waals surface area contributed by atoms with Crippen molar-refractivity contribution in [3.05, 3.63) is 99.5 Å². The van der Waals surface area contributed by atoms with Crippen LogP contribution in [0.3, 0.4) is 0 Å². The first-order valence-corrected chi connectivity index (χ1v) is 10.7. The number of hydrogen-bond donors (Lipinski definition) is 2. The van der Waals surface area contributed by atoms with Crippen LogP contribution in [0.15, 0.2) is 77.8 Å². The third-order valence-corrected chi connectivity index (χ3v) is 5.50. The second-order valence-electron chi connectivity index (χ2n) is 7.33. The highest BCUT2D eigenvalue weighted by Crippen LogP contribution is 2.24. The summed E-state index contributed by atoms with van der Waals surface area (Å²) < 4.78 is 0. The number of nitrogens with zero attached hydrogens (tertiary/aromatic N) is 3. The molecule has 4 N–H and O–H groups in total. The van der Waals surface area contributed by atoms with Crippen LogP contribution in [0.4, 0.5) is 10.5 Å². The summed E-state index contributed by atoms with van der Waals surface area (Å²) in [6.07, 6.45) is 0. The van der Waals surface area contributed by atoms with Gasteiger partial charge >= 0.3 is 6.03 Å². The molecular formula is C24H25Cl2N5O. The van der Waals surface area contributed by atoms with Crippen molar-refractivity contribution in [1.82, 2.24) is 4.90 Å². The van der Waals surface area contributed by atoms with Gasteiger partial charge in [-0.05, 0) is 41.0 Å². The molecule has 0 heterocycles. The minimum absolute atomic E-state index is 0.0506. The first-order chi connectivity index (χ1) is 15.3. The van der Waals surface area contributed by atoms with Gasteiger partial charge in [-0.3, -0.25) is 4.90 Å². The molecule has 6 nitrogen and oxygen atoms in total. The van der Waals surface area contributed by atoms with Gasteiger partial charge in [0.1, 0.15) is 0 Å². The average molecular weight is 470 g/mol. The SMILES string of the molecule is CN(C(=O)N(Cc1ccc(CN=C(N)N)cc1)Cc1ccc(Cl)cc1Cl)c1ccccc1. The normalized spacial score (nSPS) is 10.5. The van der Waals surface area contributed by atoms with Crippen molar-refractivity contribution in [3.63, 3.8) is 0 Å². The lowest BCUT2D eigenvalue weighted by molar-refractivity contribution is 0.200. The average Bonchev–Trinajstić information content (AvgIpc) is 2.79. The monoisotopic (exact) mass is 469 g/mol. The van der Waals surface area contributed by atoms with Crippen molar-refractivity contribution in [3.8, 4) is 0 Å². The van der Waals surface area contributed by atoms with Crippen LogP contribution in [0.5, 0.6) is 0 Å². The highest BCUT2D eigenvalue weighted by molar-refractivity contribution is 6.35. The summed E-state index contributed by atoms with van der Waals surface area (Å²) in [7, 11) is 1.76. The summed E-state index contributed by atoms with van der Waals surface area (Å²) in [5.41, 5.74) is 14.4. The van der Waals surface area contributed by atoms with E-state index in [2.05, 4.69) is 4.99 Å². The van der Waals surface area contributed by atoms with Gasteiger partial charge in [0.2, 0.25) is 0 Å². The number of anilines is 1. The molecule has 0 aliphatic carbocycles. The standard InChI is InChI=1S/C24H25Cl2N5O/c1-30(21-5-3-2-4-6-21)24(32)31(16-19-11-12-20(25)13-22(19)26)15-18-9-7-17(8-10-18)14-29-23(27)28/h2-13H,14-16H2,1H3,(H4,27,28,29). The highest BCUT2D eigenvalue weighted by Gasteiger charge is 2.21. The van der Waals surface area contributed by atoms with E-state index in [1.165, 1.54) is 0 Å². The van der Waals surface area contributed by atoms with E-state index in [9.17, 15) is 4.79 Å². The predicted octanol–water partition coefficient (Wildman–Crippen LogP) is 5.03. The summed E-state index contributed by atoms with van der Waals surface area (Å²) in [5.74, 6) is 0.0506. The van der Waals surface area contributed by atoms with E-state index >= 15 is 0 Å². The molecule has 0 atom stereocenters. The van der Waals surface area contributed by atoms with E-state index in [4.69, 9.17) is 34.7 Å². The lowest BCUT2D eigenvalue weighted by Crippen LogP contribution is -2.40. The van der Waals surface area contributed by atoms with Gasteiger partial charge in [-0.15, -0.1) is 0 Å². The quantitative estimate of drug-likeness (QED) is 0.375. The van der Waals surface area contributed by atoms with Gasteiger partial charge in [0, 0.05) is 35.9 Å². The molecule has 0 saturated carbocycles.